The summed E-state index contributed by atoms with van der Waals surface area (Å²) in [5.74, 6) is -1.01. The van der Waals surface area contributed by atoms with E-state index in [2.05, 4.69) is 5.32 Å². The van der Waals surface area contributed by atoms with Gasteiger partial charge in [0.05, 0.1) is 11.8 Å². The minimum absolute atomic E-state index is 0.192. The predicted molar refractivity (Wildman–Crippen MR) is 111 cm³/mol. The quantitative estimate of drug-likeness (QED) is 0.485. The summed E-state index contributed by atoms with van der Waals surface area (Å²) >= 11 is 0. The Balaban J connectivity index is 1.37. The summed E-state index contributed by atoms with van der Waals surface area (Å²) in [6.45, 7) is 1.57. The molecule has 1 heterocycles. The number of fused-ring (bicyclic) bond motifs is 1. The second-order valence-corrected chi connectivity index (χ2v) is 7.26. The molecule has 0 saturated carbocycles. The monoisotopic (exact) mass is 403 g/mol. The Morgan fingerprint density at radius 3 is 2.43 bits per heavy atom. The van der Waals surface area contributed by atoms with Gasteiger partial charge in [0.1, 0.15) is 0 Å². The first kappa shape index (κ1) is 19.6. The van der Waals surface area contributed by atoms with Crippen molar-refractivity contribution in [2.24, 2.45) is 0 Å². The maximum atomic E-state index is 12.7. The van der Waals surface area contributed by atoms with Gasteiger partial charge in [0.2, 0.25) is 5.78 Å². The van der Waals surface area contributed by atoms with E-state index in [-0.39, 0.29) is 17.5 Å². The number of hydrogen-bond acceptors (Lipinski definition) is 5. The molecule has 6 heteroatoms. The zero-order valence-corrected chi connectivity index (χ0v) is 16.5. The Hall–Kier alpha value is -3.67. The maximum absolute atomic E-state index is 12.7. The van der Waals surface area contributed by atoms with Crippen molar-refractivity contribution in [3.05, 3.63) is 88.9 Å². The molecule has 152 valence electrons. The molecule has 30 heavy (non-hydrogen) atoms. The Morgan fingerprint density at radius 1 is 0.967 bits per heavy atom. The molecular formula is C24H21NO5. The molecular weight excluding hydrogens is 382 g/mol. The standard InChI is InChI=1S/C24H21NO5/c1-15(22(26)19-8-7-16-4-2-5-18(16)14-19)30-24(28)17-9-11-20(12-10-17)25-23(27)21-6-3-13-29-21/h3,6-15H,2,4-5H2,1H3,(H,25,27)/t15-/m0/s1. The molecule has 1 aromatic heterocycles. The van der Waals surface area contributed by atoms with Crippen LogP contribution < -0.4 is 5.32 Å². The van der Waals surface area contributed by atoms with E-state index in [0.717, 1.165) is 19.3 Å². The number of Topliss-reactive ketones (excluding diaryl/α,β-unsaturated/α-hetero) is 1. The Bertz CT molecular complexity index is 1080. The highest BCUT2D eigenvalue weighted by Gasteiger charge is 2.22. The number of aryl methyl sites for hydroxylation is 2. The fraction of sp³-hybridized carbons (Fsp3) is 0.208. The molecule has 0 fully saturated rings. The van der Waals surface area contributed by atoms with Crippen molar-refractivity contribution >= 4 is 23.3 Å². The topological polar surface area (TPSA) is 85.6 Å². The molecule has 3 aromatic rings. The molecule has 0 spiro atoms. The van der Waals surface area contributed by atoms with Gasteiger partial charge in [-0.2, -0.15) is 0 Å². The second kappa shape index (κ2) is 8.37. The van der Waals surface area contributed by atoms with Crippen LogP contribution in [0, 0.1) is 0 Å². The molecule has 0 saturated heterocycles. The van der Waals surface area contributed by atoms with Crippen LogP contribution in [0.25, 0.3) is 0 Å². The highest BCUT2D eigenvalue weighted by atomic mass is 16.5. The van der Waals surface area contributed by atoms with Crippen LogP contribution in [0.1, 0.15) is 55.7 Å². The normalized spacial score (nSPS) is 13.4. The zero-order valence-electron chi connectivity index (χ0n) is 16.5. The summed E-state index contributed by atoms with van der Waals surface area (Å²) in [5, 5.41) is 2.67. The number of furan rings is 1. The Morgan fingerprint density at radius 2 is 1.70 bits per heavy atom. The summed E-state index contributed by atoms with van der Waals surface area (Å²) in [5.41, 5.74) is 3.85. The van der Waals surface area contributed by atoms with Gasteiger partial charge in [-0.1, -0.05) is 12.1 Å². The first-order chi connectivity index (χ1) is 14.5. The van der Waals surface area contributed by atoms with Crippen LogP contribution in [0.2, 0.25) is 0 Å². The average Bonchev–Trinajstić information content (AvgIpc) is 3.45. The molecule has 1 aliphatic carbocycles. The minimum atomic E-state index is -0.893. The second-order valence-electron chi connectivity index (χ2n) is 7.26. The molecule has 1 aliphatic rings. The van der Waals surface area contributed by atoms with E-state index in [9.17, 15) is 14.4 Å². The van der Waals surface area contributed by atoms with E-state index in [1.165, 1.54) is 29.5 Å². The molecule has 0 radical (unpaired) electrons. The largest absolute Gasteiger partial charge is 0.459 e. The van der Waals surface area contributed by atoms with E-state index in [0.29, 0.717) is 16.8 Å². The lowest BCUT2D eigenvalue weighted by atomic mass is 10.0. The minimum Gasteiger partial charge on any atom is -0.459 e. The van der Waals surface area contributed by atoms with Crippen LogP contribution in [-0.4, -0.2) is 23.8 Å². The van der Waals surface area contributed by atoms with Crippen molar-refractivity contribution in [2.45, 2.75) is 32.3 Å². The molecule has 6 nitrogen and oxygen atoms in total. The third-order valence-electron chi connectivity index (χ3n) is 5.16. The van der Waals surface area contributed by atoms with Crippen molar-refractivity contribution in [1.82, 2.24) is 0 Å². The fourth-order valence-corrected chi connectivity index (χ4v) is 3.53. The number of esters is 1. The predicted octanol–water partition coefficient (Wildman–Crippen LogP) is 4.45. The number of benzene rings is 2. The van der Waals surface area contributed by atoms with Crippen LogP contribution >= 0.6 is 0 Å². The van der Waals surface area contributed by atoms with E-state index < -0.39 is 12.1 Å². The van der Waals surface area contributed by atoms with Gasteiger partial charge >= 0.3 is 5.97 Å². The van der Waals surface area contributed by atoms with Crippen molar-refractivity contribution in [3.8, 4) is 0 Å². The Labute approximate surface area is 173 Å². The molecule has 1 amide bonds. The smallest absolute Gasteiger partial charge is 0.338 e. The lowest BCUT2D eigenvalue weighted by Gasteiger charge is -2.13. The van der Waals surface area contributed by atoms with E-state index in [4.69, 9.17) is 9.15 Å². The van der Waals surface area contributed by atoms with E-state index in [1.807, 2.05) is 12.1 Å². The number of anilines is 1. The Kier molecular flexibility index (Phi) is 5.48. The van der Waals surface area contributed by atoms with Crippen LogP contribution in [0.15, 0.2) is 65.3 Å². The molecule has 0 aliphatic heterocycles. The van der Waals surface area contributed by atoms with Crippen molar-refractivity contribution in [1.29, 1.82) is 0 Å². The van der Waals surface area contributed by atoms with Crippen LogP contribution in [0.5, 0.6) is 0 Å². The number of rotatable bonds is 6. The number of amides is 1. The highest BCUT2D eigenvalue weighted by Crippen LogP contribution is 2.24. The number of nitrogens with one attached hydrogen (secondary N) is 1. The number of ether oxygens (including phenoxy) is 1. The third-order valence-corrected chi connectivity index (χ3v) is 5.16. The molecule has 2 aromatic carbocycles. The van der Waals surface area contributed by atoms with Gasteiger partial charge in [-0.05, 0) is 79.8 Å². The van der Waals surface area contributed by atoms with Gasteiger partial charge in [-0.15, -0.1) is 0 Å². The van der Waals surface area contributed by atoms with Gasteiger partial charge in [0.25, 0.3) is 5.91 Å². The number of carbonyl (C=O) groups excluding carboxylic acids is 3. The average molecular weight is 403 g/mol. The first-order valence-corrected chi connectivity index (χ1v) is 9.83. The zero-order chi connectivity index (χ0) is 21.1. The molecule has 0 unspecified atom stereocenters. The van der Waals surface area contributed by atoms with Gasteiger partial charge in [-0.25, -0.2) is 4.79 Å². The molecule has 1 N–H and O–H groups in total. The van der Waals surface area contributed by atoms with Crippen molar-refractivity contribution in [2.75, 3.05) is 5.32 Å². The maximum Gasteiger partial charge on any atom is 0.338 e. The molecule has 0 bridgehead atoms. The van der Waals surface area contributed by atoms with Gasteiger partial charge in [0.15, 0.2) is 11.9 Å². The summed E-state index contributed by atoms with van der Waals surface area (Å²) in [6.07, 6.45) is 3.66. The SMILES string of the molecule is C[C@H](OC(=O)c1ccc(NC(=O)c2ccco2)cc1)C(=O)c1ccc2c(c1)CCC2. The summed E-state index contributed by atoms with van der Waals surface area (Å²) in [6, 6.07) is 15.1. The summed E-state index contributed by atoms with van der Waals surface area (Å²) in [7, 11) is 0. The summed E-state index contributed by atoms with van der Waals surface area (Å²) < 4.78 is 10.4. The highest BCUT2D eigenvalue weighted by molar-refractivity contribution is 6.03. The third kappa shape index (κ3) is 4.17. The summed E-state index contributed by atoms with van der Waals surface area (Å²) in [4.78, 5) is 37.1. The van der Waals surface area contributed by atoms with Gasteiger partial charge in [0, 0.05) is 11.3 Å². The van der Waals surface area contributed by atoms with E-state index in [1.54, 1.807) is 37.3 Å². The molecule has 4 rings (SSSR count). The number of hydrogen-bond donors (Lipinski definition) is 1. The first-order valence-electron chi connectivity index (χ1n) is 9.83. The van der Waals surface area contributed by atoms with Crippen LogP contribution in [0.4, 0.5) is 5.69 Å². The van der Waals surface area contributed by atoms with Crippen LogP contribution in [0.3, 0.4) is 0 Å². The van der Waals surface area contributed by atoms with Crippen molar-refractivity contribution in [3.63, 3.8) is 0 Å². The number of ketones is 1. The van der Waals surface area contributed by atoms with Gasteiger partial charge in [-0.3, -0.25) is 9.59 Å². The fourth-order valence-electron chi connectivity index (χ4n) is 3.53. The van der Waals surface area contributed by atoms with Gasteiger partial charge < -0.3 is 14.5 Å². The van der Waals surface area contributed by atoms with Crippen LogP contribution in [-0.2, 0) is 17.6 Å². The number of carbonyl (C=O) groups is 3. The van der Waals surface area contributed by atoms with Crippen molar-refractivity contribution < 1.29 is 23.5 Å². The molecule has 1 atom stereocenters. The lowest BCUT2D eigenvalue weighted by molar-refractivity contribution is 0.0319. The van der Waals surface area contributed by atoms with E-state index >= 15 is 0 Å². The lowest BCUT2D eigenvalue weighted by Crippen LogP contribution is -2.24.